The smallest absolute Gasteiger partial charge is 0.268 e. The second-order valence-electron chi connectivity index (χ2n) is 5.17. The minimum Gasteiger partial charge on any atom is -0.305 e. The van der Waals surface area contributed by atoms with Gasteiger partial charge < -0.3 is 4.57 Å². The van der Waals surface area contributed by atoms with E-state index in [0.29, 0.717) is 4.80 Å². The molecule has 3 amide bonds. The predicted molar refractivity (Wildman–Crippen MR) is 92.9 cm³/mol. The molecule has 1 aromatic carbocycles. The molecule has 0 N–H and O–H groups in total. The van der Waals surface area contributed by atoms with E-state index >= 15 is 0 Å². The second-order valence-corrected chi connectivity index (χ2v) is 7.09. The van der Waals surface area contributed by atoms with E-state index in [0.717, 1.165) is 19.6 Å². The maximum absolute atomic E-state index is 12.2. The minimum atomic E-state index is -0.546. The fraction of sp³-hybridized carbons (Fsp3) is 0.250. The predicted octanol–water partition coefficient (Wildman–Crippen LogP) is 1.67. The maximum atomic E-state index is 12.2. The highest BCUT2D eigenvalue weighted by Gasteiger charge is 2.30. The molecular formula is C16H12BrN3O3S. The van der Waals surface area contributed by atoms with Crippen LogP contribution in [0.5, 0.6) is 0 Å². The van der Waals surface area contributed by atoms with Gasteiger partial charge in [0.05, 0.1) is 16.8 Å². The van der Waals surface area contributed by atoms with Gasteiger partial charge in [0.25, 0.3) is 5.91 Å². The molecule has 1 aliphatic rings. The normalized spacial score (nSPS) is 15.3. The average Bonchev–Trinajstić information content (AvgIpc) is 3.02. The van der Waals surface area contributed by atoms with Crippen molar-refractivity contribution < 1.29 is 14.4 Å². The first kappa shape index (κ1) is 16.6. The first-order valence-corrected chi connectivity index (χ1v) is 8.73. The summed E-state index contributed by atoms with van der Waals surface area (Å²) in [7, 11) is 0. The number of imide groups is 1. The number of nitrogens with zero attached hydrogens (tertiary/aromatic N) is 3. The lowest BCUT2D eigenvalue weighted by atomic mass is 10.3. The number of hydrogen-bond donors (Lipinski definition) is 0. The molecule has 0 spiro atoms. The van der Waals surface area contributed by atoms with E-state index in [2.05, 4.69) is 26.8 Å². The number of fused-ring (bicyclic) bond motifs is 1. The van der Waals surface area contributed by atoms with Crippen LogP contribution in [0.2, 0.25) is 0 Å². The number of amides is 3. The van der Waals surface area contributed by atoms with Gasteiger partial charge >= 0.3 is 0 Å². The molecule has 1 saturated heterocycles. The van der Waals surface area contributed by atoms with Crippen LogP contribution < -0.4 is 4.80 Å². The Morgan fingerprint density at radius 1 is 1.33 bits per heavy atom. The van der Waals surface area contributed by atoms with Crippen molar-refractivity contribution in [2.75, 3.05) is 6.54 Å². The van der Waals surface area contributed by atoms with Crippen LogP contribution in [0, 0.1) is 12.3 Å². The number of aromatic nitrogens is 1. The summed E-state index contributed by atoms with van der Waals surface area (Å²) in [6, 6.07) is 5.70. The quantitative estimate of drug-likeness (QED) is 0.575. The third-order valence-electron chi connectivity index (χ3n) is 3.56. The second kappa shape index (κ2) is 6.71. The summed E-state index contributed by atoms with van der Waals surface area (Å²) in [6.45, 7) is -0.0546. The van der Waals surface area contributed by atoms with Crippen molar-refractivity contribution in [3.8, 4) is 12.3 Å². The third-order valence-corrected chi connectivity index (χ3v) is 5.10. The van der Waals surface area contributed by atoms with E-state index in [1.54, 1.807) is 4.57 Å². The summed E-state index contributed by atoms with van der Waals surface area (Å²) in [5, 5.41) is 0. The van der Waals surface area contributed by atoms with Crippen LogP contribution in [0.25, 0.3) is 10.2 Å². The van der Waals surface area contributed by atoms with E-state index in [-0.39, 0.29) is 37.7 Å². The van der Waals surface area contributed by atoms with Crippen LogP contribution in [0.1, 0.15) is 12.8 Å². The number of likely N-dealkylation sites (tertiary alicyclic amines) is 1. The van der Waals surface area contributed by atoms with Gasteiger partial charge in [-0.2, -0.15) is 4.99 Å². The lowest BCUT2D eigenvalue weighted by Gasteiger charge is -2.10. The zero-order valence-corrected chi connectivity index (χ0v) is 14.9. The topological polar surface area (TPSA) is 71.7 Å². The lowest BCUT2D eigenvalue weighted by molar-refractivity contribution is -0.141. The summed E-state index contributed by atoms with van der Waals surface area (Å²) < 4.78 is 3.60. The molecule has 0 unspecified atom stereocenters. The molecule has 0 saturated carbocycles. The Morgan fingerprint density at radius 2 is 2.04 bits per heavy atom. The van der Waals surface area contributed by atoms with Gasteiger partial charge in [0.15, 0.2) is 4.80 Å². The molecule has 2 aromatic rings. The van der Waals surface area contributed by atoms with Crippen LogP contribution in [0.3, 0.4) is 0 Å². The standard InChI is InChI=1S/C16H12BrN3O3S/c1-2-7-19-11-4-3-10(17)8-12(11)24-16(19)18-13(21)9-20-14(22)5-6-15(20)23/h1,3-4,8H,5-7,9H2. The highest BCUT2D eigenvalue weighted by Crippen LogP contribution is 2.22. The molecular weight excluding hydrogens is 394 g/mol. The number of terminal acetylenes is 1. The number of rotatable bonds is 3. The van der Waals surface area contributed by atoms with Crippen molar-refractivity contribution in [2.45, 2.75) is 19.4 Å². The van der Waals surface area contributed by atoms with E-state index in [4.69, 9.17) is 6.42 Å². The fourth-order valence-electron chi connectivity index (χ4n) is 2.45. The number of benzene rings is 1. The Labute approximate surface area is 149 Å². The van der Waals surface area contributed by atoms with Crippen LogP contribution >= 0.6 is 27.3 Å². The van der Waals surface area contributed by atoms with Crippen molar-refractivity contribution in [1.82, 2.24) is 9.47 Å². The summed E-state index contributed by atoms with van der Waals surface area (Å²) in [5.74, 6) is 1.33. The van der Waals surface area contributed by atoms with Crippen LogP contribution in [0.15, 0.2) is 27.7 Å². The first-order chi connectivity index (χ1) is 11.5. The van der Waals surface area contributed by atoms with E-state index < -0.39 is 5.91 Å². The summed E-state index contributed by atoms with van der Waals surface area (Å²) in [4.78, 5) is 40.8. The molecule has 3 rings (SSSR count). The van der Waals surface area contributed by atoms with Gasteiger partial charge in [-0.05, 0) is 18.2 Å². The van der Waals surface area contributed by atoms with E-state index in [9.17, 15) is 14.4 Å². The SMILES string of the molecule is C#CCn1c(=NC(=O)CN2C(=O)CCC2=O)sc2cc(Br)ccc21. The zero-order valence-electron chi connectivity index (χ0n) is 12.5. The highest BCUT2D eigenvalue weighted by atomic mass is 79.9. The minimum absolute atomic E-state index is 0.153. The molecule has 6 nitrogen and oxygen atoms in total. The summed E-state index contributed by atoms with van der Waals surface area (Å²) in [6.07, 6.45) is 5.71. The van der Waals surface area contributed by atoms with Crippen molar-refractivity contribution >= 4 is 55.2 Å². The van der Waals surface area contributed by atoms with Crippen LogP contribution in [-0.2, 0) is 20.9 Å². The largest absolute Gasteiger partial charge is 0.305 e. The van der Waals surface area contributed by atoms with Crippen molar-refractivity contribution in [1.29, 1.82) is 0 Å². The van der Waals surface area contributed by atoms with Crippen molar-refractivity contribution in [3.05, 3.63) is 27.5 Å². The molecule has 1 aromatic heterocycles. The van der Waals surface area contributed by atoms with Gasteiger partial charge in [-0.15, -0.1) is 6.42 Å². The Balaban J connectivity index is 1.98. The molecule has 0 atom stereocenters. The van der Waals surface area contributed by atoms with Crippen molar-refractivity contribution in [3.63, 3.8) is 0 Å². The van der Waals surface area contributed by atoms with Crippen LogP contribution in [-0.4, -0.2) is 33.7 Å². The molecule has 2 heterocycles. The van der Waals surface area contributed by atoms with Gasteiger partial charge in [0, 0.05) is 17.3 Å². The Kier molecular flexibility index (Phi) is 4.64. The zero-order chi connectivity index (χ0) is 17.3. The number of halogens is 1. The molecule has 1 fully saturated rings. The van der Waals surface area contributed by atoms with Gasteiger partial charge in [-0.25, -0.2) is 0 Å². The Bertz CT molecular complexity index is 951. The average molecular weight is 406 g/mol. The van der Waals surface area contributed by atoms with Gasteiger partial charge in [0.1, 0.15) is 6.54 Å². The summed E-state index contributed by atoms with van der Waals surface area (Å²) in [5.41, 5.74) is 0.876. The van der Waals surface area contributed by atoms with Gasteiger partial charge in [-0.3, -0.25) is 19.3 Å². The maximum Gasteiger partial charge on any atom is 0.268 e. The Morgan fingerprint density at radius 3 is 2.71 bits per heavy atom. The third kappa shape index (κ3) is 3.18. The molecule has 0 radical (unpaired) electrons. The number of carbonyl (C=O) groups excluding carboxylic acids is 3. The molecule has 122 valence electrons. The van der Waals surface area contributed by atoms with Crippen molar-refractivity contribution in [2.24, 2.45) is 4.99 Å². The highest BCUT2D eigenvalue weighted by molar-refractivity contribution is 9.10. The first-order valence-electron chi connectivity index (χ1n) is 7.12. The van der Waals surface area contributed by atoms with E-state index in [1.807, 2.05) is 18.2 Å². The van der Waals surface area contributed by atoms with E-state index in [1.165, 1.54) is 11.3 Å². The molecule has 0 bridgehead atoms. The molecule has 0 aliphatic carbocycles. The lowest BCUT2D eigenvalue weighted by Crippen LogP contribution is -2.34. The Hall–Kier alpha value is -2.24. The fourth-order valence-corrected chi connectivity index (χ4v) is 4.05. The number of hydrogen-bond acceptors (Lipinski definition) is 4. The van der Waals surface area contributed by atoms with Gasteiger partial charge in [0.2, 0.25) is 11.8 Å². The molecule has 8 heteroatoms. The molecule has 24 heavy (non-hydrogen) atoms. The number of carbonyl (C=O) groups is 3. The number of thiazole rings is 1. The summed E-state index contributed by atoms with van der Waals surface area (Å²) >= 11 is 4.73. The molecule has 1 aliphatic heterocycles. The monoisotopic (exact) mass is 405 g/mol. The van der Waals surface area contributed by atoms with Gasteiger partial charge in [-0.1, -0.05) is 33.2 Å². The van der Waals surface area contributed by atoms with Crippen LogP contribution in [0.4, 0.5) is 0 Å².